The Bertz CT molecular complexity index is 1020. The van der Waals surface area contributed by atoms with Crippen LogP contribution < -0.4 is 10.4 Å². The molecule has 4 rings (SSSR count). The molecule has 1 N–H and O–H groups in total. The Morgan fingerprint density at radius 1 is 1.37 bits per heavy atom. The molecule has 1 aliphatic heterocycles. The van der Waals surface area contributed by atoms with Gasteiger partial charge >= 0.3 is 0 Å². The molecule has 0 atom stereocenters. The van der Waals surface area contributed by atoms with Crippen LogP contribution >= 0.6 is 27.5 Å². The molecule has 0 aliphatic carbocycles. The number of halogens is 2. The summed E-state index contributed by atoms with van der Waals surface area (Å²) in [7, 11) is 0. The van der Waals surface area contributed by atoms with Crippen molar-refractivity contribution in [2.45, 2.75) is 13.3 Å². The van der Waals surface area contributed by atoms with Crippen LogP contribution in [0.25, 0.3) is 10.9 Å². The van der Waals surface area contributed by atoms with Crippen molar-refractivity contribution in [2.24, 2.45) is 0 Å². The summed E-state index contributed by atoms with van der Waals surface area (Å²) in [5, 5.41) is 6.01. The van der Waals surface area contributed by atoms with E-state index >= 15 is 0 Å². The quantitative estimate of drug-likeness (QED) is 0.605. The molecule has 0 bridgehead atoms. The summed E-state index contributed by atoms with van der Waals surface area (Å²) >= 11 is 9.39. The van der Waals surface area contributed by atoms with Gasteiger partial charge in [-0.2, -0.15) is 0 Å². The van der Waals surface area contributed by atoms with Gasteiger partial charge in [0.15, 0.2) is 5.82 Å². The number of nitrogens with one attached hydrogen (secondary N) is 1. The van der Waals surface area contributed by atoms with Crippen molar-refractivity contribution in [1.29, 1.82) is 0 Å². The van der Waals surface area contributed by atoms with Gasteiger partial charge in [-0.3, -0.25) is 9.63 Å². The van der Waals surface area contributed by atoms with Gasteiger partial charge < -0.3 is 5.32 Å². The molecular weight excluding hydrogens is 430 g/mol. The van der Waals surface area contributed by atoms with E-state index in [-0.39, 0.29) is 5.91 Å². The summed E-state index contributed by atoms with van der Waals surface area (Å²) in [6, 6.07) is 13.7. The van der Waals surface area contributed by atoms with E-state index in [0.29, 0.717) is 28.7 Å². The summed E-state index contributed by atoms with van der Waals surface area (Å²) in [6.07, 6.45) is 0.931. The number of amides is 1. The van der Waals surface area contributed by atoms with Gasteiger partial charge in [0.1, 0.15) is 0 Å². The molecule has 0 saturated carbocycles. The fraction of sp³-hybridized carbons (Fsp3) is 0.200. The predicted octanol–water partition coefficient (Wildman–Crippen LogP) is 5.15. The van der Waals surface area contributed by atoms with Crippen LogP contribution in [0.15, 0.2) is 40.9 Å². The molecule has 1 fully saturated rings. The normalized spacial score (nSPS) is 14.0. The van der Waals surface area contributed by atoms with Crippen LogP contribution in [0.3, 0.4) is 0 Å². The van der Waals surface area contributed by atoms with Gasteiger partial charge in [-0.15, -0.1) is 0 Å². The Morgan fingerprint density at radius 3 is 2.93 bits per heavy atom. The fourth-order valence-corrected chi connectivity index (χ4v) is 3.61. The van der Waals surface area contributed by atoms with Crippen LogP contribution in [0.5, 0.6) is 0 Å². The van der Waals surface area contributed by atoms with Gasteiger partial charge in [-0.1, -0.05) is 27.5 Å². The topological polar surface area (TPSA) is 54.5 Å². The minimum absolute atomic E-state index is 0.225. The summed E-state index contributed by atoms with van der Waals surface area (Å²) in [4.78, 5) is 23.5. The zero-order valence-corrected chi connectivity index (χ0v) is 16.9. The Morgan fingerprint density at radius 2 is 2.22 bits per heavy atom. The van der Waals surface area contributed by atoms with Crippen molar-refractivity contribution < 1.29 is 9.63 Å². The Kier molecular flexibility index (Phi) is 5.04. The number of fused-ring (bicyclic) bond motifs is 1. The van der Waals surface area contributed by atoms with Crippen LogP contribution in [0.1, 0.15) is 22.3 Å². The summed E-state index contributed by atoms with van der Waals surface area (Å²) in [5.41, 5.74) is 2.63. The molecule has 1 aromatic heterocycles. The number of rotatable bonds is 3. The van der Waals surface area contributed by atoms with Crippen LogP contribution in [0, 0.1) is 13.0 Å². The number of anilines is 2. The summed E-state index contributed by atoms with van der Waals surface area (Å²) in [5.74, 6) is 0.449. The summed E-state index contributed by atoms with van der Waals surface area (Å²) in [6.45, 7) is 3.30. The average molecular weight is 446 g/mol. The fourth-order valence-electron chi connectivity index (χ4n) is 3.14. The number of carbonyl (C=O) groups is 1. The average Bonchev–Trinajstić information content (AvgIpc) is 3.17. The lowest BCUT2D eigenvalue weighted by Gasteiger charge is -2.21. The van der Waals surface area contributed by atoms with E-state index in [0.717, 1.165) is 33.9 Å². The van der Waals surface area contributed by atoms with Gasteiger partial charge in [0.2, 0.25) is 0 Å². The predicted molar refractivity (Wildman–Crippen MR) is 110 cm³/mol. The van der Waals surface area contributed by atoms with Crippen LogP contribution in [-0.4, -0.2) is 24.0 Å². The maximum Gasteiger partial charge on any atom is 0.256 e. The monoisotopic (exact) mass is 444 g/mol. The van der Waals surface area contributed by atoms with Gasteiger partial charge in [0.25, 0.3) is 5.91 Å². The molecule has 0 unspecified atom stereocenters. The first kappa shape index (κ1) is 18.2. The second-order valence-electron chi connectivity index (χ2n) is 6.26. The number of benzene rings is 2. The molecule has 2 aromatic carbocycles. The molecule has 5 nitrogen and oxygen atoms in total. The molecule has 1 radical (unpaired) electrons. The number of hydrogen-bond acceptors (Lipinski definition) is 4. The van der Waals surface area contributed by atoms with E-state index in [1.807, 2.05) is 25.1 Å². The van der Waals surface area contributed by atoms with E-state index in [2.05, 4.69) is 27.3 Å². The highest BCUT2D eigenvalue weighted by atomic mass is 79.9. The van der Waals surface area contributed by atoms with E-state index in [4.69, 9.17) is 21.4 Å². The smallest absolute Gasteiger partial charge is 0.256 e. The highest BCUT2D eigenvalue weighted by molar-refractivity contribution is 9.10. The molecule has 27 heavy (non-hydrogen) atoms. The molecule has 137 valence electrons. The van der Waals surface area contributed by atoms with E-state index in [9.17, 15) is 4.79 Å². The molecule has 7 heteroatoms. The molecule has 0 spiro atoms. The largest absolute Gasteiger partial charge is 0.321 e. The van der Waals surface area contributed by atoms with Gasteiger partial charge in [0, 0.05) is 38.7 Å². The molecule has 2 heterocycles. The third-order valence-corrected chi connectivity index (χ3v) is 5.13. The molecule has 1 amide bonds. The van der Waals surface area contributed by atoms with Crippen molar-refractivity contribution in [1.82, 2.24) is 4.98 Å². The minimum Gasteiger partial charge on any atom is -0.321 e. The zero-order valence-electron chi connectivity index (χ0n) is 14.6. The van der Waals surface area contributed by atoms with E-state index in [1.54, 1.807) is 23.3 Å². The van der Waals surface area contributed by atoms with Crippen LogP contribution in [0.4, 0.5) is 11.5 Å². The highest BCUT2D eigenvalue weighted by Crippen LogP contribution is 2.32. The Balaban J connectivity index is 1.83. The molecule has 1 saturated heterocycles. The summed E-state index contributed by atoms with van der Waals surface area (Å²) < 4.78 is 0.883. The lowest BCUT2D eigenvalue weighted by Crippen LogP contribution is -2.22. The molecular formula is C20H16BrClN3O2. The van der Waals surface area contributed by atoms with Crippen molar-refractivity contribution >= 4 is 55.8 Å². The highest BCUT2D eigenvalue weighted by Gasteiger charge is 2.24. The number of aromatic nitrogens is 1. The first-order chi connectivity index (χ1) is 13.0. The van der Waals surface area contributed by atoms with Crippen molar-refractivity contribution in [3.63, 3.8) is 0 Å². The van der Waals surface area contributed by atoms with Gasteiger partial charge in [0.05, 0.1) is 17.7 Å². The van der Waals surface area contributed by atoms with Crippen molar-refractivity contribution in [3.05, 3.63) is 63.1 Å². The molecule has 1 aliphatic rings. The maximum absolute atomic E-state index is 13.1. The maximum atomic E-state index is 13.1. The first-order valence-electron chi connectivity index (χ1n) is 8.52. The lowest BCUT2D eigenvalue weighted by molar-refractivity contribution is 0.102. The Hall–Kier alpha value is -2.15. The number of pyridine rings is 1. The minimum atomic E-state index is -0.225. The number of carbonyl (C=O) groups excluding carboxylic acids is 1. The third kappa shape index (κ3) is 3.65. The van der Waals surface area contributed by atoms with Crippen molar-refractivity contribution in [3.8, 4) is 0 Å². The van der Waals surface area contributed by atoms with E-state index < -0.39 is 0 Å². The Labute approximate surface area is 170 Å². The zero-order chi connectivity index (χ0) is 19.0. The number of nitrogens with zero attached hydrogens (tertiary/aromatic N) is 2. The van der Waals surface area contributed by atoms with Gasteiger partial charge in [-0.05, 0) is 49.7 Å². The molecule has 3 aromatic rings. The lowest BCUT2D eigenvalue weighted by atomic mass is 10.0. The van der Waals surface area contributed by atoms with Crippen LogP contribution in [0.2, 0.25) is 5.02 Å². The van der Waals surface area contributed by atoms with Crippen molar-refractivity contribution in [2.75, 3.05) is 23.5 Å². The second-order valence-corrected chi connectivity index (χ2v) is 7.61. The number of hydrogen-bond donors (Lipinski definition) is 1. The van der Waals surface area contributed by atoms with E-state index in [1.165, 1.54) is 0 Å². The first-order valence-corrected chi connectivity index (χ1v) is 9.69. The SMILES string of the molecule is Cc1c(N2CCCO2)nc2ccc(Br)cc2c1C(=O)Nc1[c]cc(Cl)cc1. The number of hydroxylamine groups is 1. The van der Waals surface area contributed by atoms with Gasteiger partial charge in [-0.25, -0.2) is 10.0 Å². The third-order valence-electron chi connectivity index (χ3n) is 4.40. The second kappa shape index (κ2) is 7.46. The standard InChI is InChI=1S/C20H16BrClN3O2/c1-12-18(20(26)23-15-6-4-14(22)5-7-15)16-11-13(21)3-8-17(16)24-19(12)25-9-2-10-27-25/h3-6,8,11H,2,9-10H2,1H3,(H,23,26). The van der Waals surface area contributed by atoms with Crippen LogP contribution in [-0.2, 0) is 4.84 Å².